The van der Waals surface area contributed by atoms with Crippen molar-refractivity contribution in [3.05, 3.63) is 0 Å². The monoisotopic (exact) mass is 72.0 g/mol. The Morgan fingerprint density at radius 3 is 1.50 bits per heavy atom. The summed E-state index contributed by atoms with van der Waals surface area (Å²) in [6, 6.07) is 0. The smallest absolute Gasteiger partial charge is 1.00 e. The fourth-order valence-corrected chi connectivity index (χ4v) is 0. The Morgan fingerprint density at radius 1 is 1.50 bits per heavy atom. The van der Waals surface area contributed by atoms with Gasteiger partial charge in [-0.3, -0.25) is 0 Å². The zero-order chi connectivity index (χ0) is 2.00. The standard InChI is InChI=1S/CH2O.Na.H2O.H/c1-2;;;/h1H2;;1H2;/q;+1;;-1. The van der Waals surface area contributed by atoms with Crippen LogP contribution in [0, 0.1) is 0 Å². The second-order valence-electron chi connectivity index (χ2n) is 0. The van der Waals surface area contributed by atoms with Gasteiger partial charge in [-0.25, -0.2) is 0 Å². The van der Waals surface area contributed by atoms with E-state index in [1.165, 1.54) is 0 Å². The molecule has 0 radical (unpaired) electrons. The van der Waals surface area contributed by atoms with Crippen LogP contribution < -0.4 is 29.6 Å². The Morgan fingerprint density at radius 2 is 1.50 bits per heavy atom. The van der Waals surface area contributed by atoms with Crippen LogP contribution in [-0.2, 0) is 4.79 Å². The van der Waals surface area contributed by atoms with Crippen LogP contribution >= 0.6 is 0 Å². The Labute approximate surface area is 48.3 Å². The van der Waals surface area contributed by atoms with E-state index < -0.39 is 0 Å². The molecule has 0 heterocycles. The van der Waals surface area contributed by atoms with Crippen LogP contribution in [0.15, 0.2) is 0 Å². The van der Waals surface area contributed by atoms with Gasteiger partial charge in [-0.2, -0.15) is 0 Å². The molecule has 0 aromatic carbocycles. The van der Waals surface area contributed by atoms with Crippen molar-refractivity contribution in [2.75, 3.05) is 0 Å². The van der Waals surface area contributed by atoms with E-state index in [9.17, 15) is 0 Å². The van der Waals surface area contributed by atoms with E-state index >= 15 is 0 Å². The quantitative estimate of drug-likeness (QED) is 0.270. The van der Waals surface area contributed by atoms with Crippen LogP contribution in [0.4, 0.5) is 0 Å². The van der Waals surface area contributed by atoms with E-state index in [0.29, 0.717) is 0 Å². The van der Waals surface area contributed by atoms with Crippen molar-refractivity contribution in [2.45, 2.75) is 0 Å². The van der Waals surface area contributed by atoms with Gasteiger partial charge in [0.2, 0.25) is 0 Å². The molecular weight excluding hydrogens is 67.0 g/mol. The van der Waals surface area contributed by atoms with E-state index in [0.717, 1.165) is 0 Å². The van der Waals surface area contributed by atoms with Crippen LogP contribution in [0.2, 0.25) is 0 Å². The van der Waals surface area contributed by atoms with Gasteiger partial charge in [0.05, 0.1) is 0 Å². The summed E-state index contributed by atoms with van der Waals surface area (Å²) in [4.78, 5) is 8.00. The molecule has 0 atom stereocenters. The number of hydrogen-bond acceptors (Lipinski definition) is 1. The van der Waals surface area contributed by atoms with Gasteiger partial charge >= 0.3 is 29.6 Å². The van der Waals surface area contributed by atoms with Gasteiger partial charge in [-0.1, -0.05) is 0 Å². The van der Waals surface area contributed by atoms with E-state index in [4.69, 9.17) is 4.79 Å². The van der Waals surface area contributed by atoms with E-state index in [-0.39, 0.29) is 36.5 Å². The maximum Gasteiger partial charge on any atom is 1.00 e. The molecule has 0 fully saturated rings. The average molecular weight is 72.0 g/mol. The minimum Gasteiger partial charge on any atom is -1.00 e. The normalized spacial score (nSPS) is 1.00. The first-order chi connectivity index (χ1) is 1.00. The van der Waals surface area contributed by atoms with Crippen molar-refractivity contribution in [1.82, 2.24) is 0 Å². The zero-order valence-electron chi connectivity index (χ0n) is 3.62. The zero-order valence-corrected chi connectivity index (χ0v) is 4.62. The van der Waals surface area contributed by atoms with Crippen molar-refractivity contribution >= 4 is 6.79 Å². The predicted molar refractivity (Wildman–Crippen MR) is 11.8 cm³/mol. The summed E-state index contributed by atoms with van der Waals surface area (Å²) in [7, 11) is 0. The van der Waals surface area contributed by atoms with Crippen LogP contribution in [0.25, 0.3) is 0 Å². The molecule has 0 aromatic heterocycles. The molecule has 0 saturated carbocycles. The summed E-state index contributed by atoms with van der Waals surface area (Å²) in [5.74, 6) is 0. The molecule has 0 saturated heterocycles. The van der Waals surface area contributed by atoms with Crippen molar-refractivity contribution < 1.29 is 41.3 Å². The van der Waals surface area contributed by atoms with E-state index in [1.54, 1.807) is 0 Å². The first-order valence-electron chi connectivity index (χ1n) is 0.289. The summed E-state index contributed by atoms with van der Waals surface area (Å²) < 4.78 is 0. The Hall–Kier alpha value is 0.630. The Balaban J connectivity index is -0.00000000167. The molecule has 0 amide bonds. The molecule has 0 unspecified atom stereocenters. The first-order valence-corrected chi connectivity index (χ1v) is 0.289. The van der Waals surface area contributed by atoms with Gasteiger partial charge in [0, 0.05) is 0 Å². The number of hydrogen-bond donors (Lipinski definition) is 0. The minimum absolute atomic E-state index is 0. The molecule has 3 heteroatoms. The van der Waals surface area contributed by atoms with Crippen molar-refractivity contribution in [3.63, 3.8) is 0 Å². The van der Waals surface area contributed by atoms with Gasteiger partial charge in [-0.05, 0) is 0 Å². The van der Waals surface area contributed by atoms with E-state index in [1.807, 2.05) is 6.79 Å². The molecule has 22 valence electrons. The number of rotatable bonds is 0. The SMILES string of the molecule is C=O.O.[H-].[Na+]. The van der Waals surface area contributed by atoms with Crippen molar-refractivity contribution in [2.24, 2.45) is 0 Å². The van der Waals surface area contributed by atoms with Gasteiger partial charge in [-0.15, -0.1) is 0 Å². The predicted octanol–water partition coefficient (Wildman–Crippen LogP) is -3.89. The first kappa shape index (κ1) is 23.0. The molecule has 2 nitrogen and oxygen atoms in total. The topological polar surface area (TPSA) is 48.6 Å². The van der Waals surface area contributed by atoms with Crippen LogP contribution in [0.5, 0.6) is 0 Å². The summed E-state index contributed by atoms with van der Waals surface area (Å²) in [6.45, 7) is 2.00. The molecule has 0 spiro atoms. The van der Waals surface area contributed by atoms with Gasteiger partial charge in [0.1, 0.15) is 6.79 Å². The number of carbonyl (C=O) groups is 1. The fourth-order valence-electron chi connectivity index (χ4n) is 0. The average Bonchev–Trinajstić information content (AvgIpc) is 1.00. The molecule has 2 N–H and O–H groups in total. The summed E-state index contributed by atoms with van der Waals surface area (Å²) >= 11 is 0. The van der Waals surface area contributed by atoms with Crippen molar-refractivity contribution in [1.29, 1.82) is 0 Å². The third-order valence-corrected chi connectivity index (χ3v) is 0. The Kier molecular flexibility index (Phi) is 363. The molecular formula is CH5NaO2. The Bertz CT molecular complexity index is 9.61. The number of carbonyl (C=O) groups excluding carboxylic acids is 1. The van der Waals surface area contributed by atoms with Crippen molar-refractivity contribution in [3.8, 4) is 0 Å². The molecule has 0 aliphatic heterocycles. The second kappa shape index (κ2) is 63.3. The minimum atomic E-state index is 0. The molecule has 0 bridgehead atoms. The summed E-state index contributed by atoms with van der Waals surface area (Å²) in [5.41, 5.74) is 0. The summed E-state index contributed by atoms with van der Waals surface area (Å²) in [6.07, 6.45) is 0. The van der Waals surface area contributed by atoms with Gasteiger partial charge in [0.25, 0.3) is 0 Å². The van der Waals surface area contributed by atoms with Crippen LogP contribution in [0.3, 0.4) is 0 Å². The van der Waals surface area contributed by atoms with E-state index in [2.05, 4.69) is 0 Å². The second-order valence-corrected chi connectivity index (χ2v) is 0. The maximum atomic E-state index is 8.00. The largest absolute Gasteiger partial charge is 1.00 e. The molecule has 0 rings (SSSR count). The van der Waals surface area contributed by atoms with Crippen LogP contribution in [-0.4, -0.2) is 12.3 Å². The molecule has 0 aliphatic rings. The fraction of sp³-hybridized carbons (Fsp3) is 0. The summed E-state index contributed by atoms with van der Waals surface area (Å²) in [5, 5.41) is 0. The molecule has 0 aromatic rings. The third-order valence-electron chi connectivity index (χ3n) is 0. The maximum absolute atomic E-state index is 8.00. The molecule has 4 heavy (non-hydrogen) atoms. The van der Waals surface area contributed by atoms with Crippen LogP contribution in [0.1, 0.15) is 1.43 Å². The third kappa shape index (κ3) is 17.6. The van der Waals surface area contributed by atoms with Gasteiger partial charge < -0.3 is 11.7 Å². The molecule has 0 aliphatic carbocycles. The van der Waals surface area contributed by atoms with Gasteiger partial charge in [0.15, 0.2) is 0 Å².